The van der Waals surface area contributed by atoms with Crippen molar-refractivity contribution in [3.8, 4) is 22.5 Å². The van der Waals surface area contributed by atoms with Crippen molar-refractivity contribution in [1.82, 2.24) is 30.2 Å². The monoisotopic (exact) mass is 507 g/mol. The molecule has 0 radical (unpaired) electrons. The van der Waals surface area contributed by atoms with Crippen molar-refractivity contribution in [2.45, 2.75) is 26.3 Å². The standard InChI is InChI=1S/C29H29N7O2/c1-2-5-27-30-26-13-12-22(35-14-16-38-17-15-35)18-25(26)29(37)36(27)19-20-8-10-21(11-9-20)23-6-3-4-7-24(23)28-31-33-34-32-28/h3-4,6-13,18H,2,5,14-17,19H2,1H3,(H,31,32,33,34). The summed E-state index contributed by atoms with van der Waals surface area (Å²) in [6, 6.07) is 22.3. The molecule has 3 aromatic carbocycles. The van der Waals surface area contributed by atoms with Crippen LogP contribution in [-0.2, 0) is 17.7 Å². The van der Waals surface area contributed by atoms with E-state index in [0.717, 1.165) is 65.2 Å². The Bertz CT molecular complexity index is 1610. The van der Waals surface area contributed by atoms with Gasteiger partial charge in [-0.05, 0) is 46.5 Å². The summed E-state index contributed by atoms with van der Waals surface area (Å²) in [7, 11) is 0. The molecule has 0 aliphatic carbocycles. The fourth-order valence-corrected chi connectivity index (χ4v) is 5.03. The molecule has 9 nitrogen and oxygen atoms in total. The summed E-state index contributed by atoms with van der Waals surface area (Å²) < 4.78 is 7.32. The van der Waals surface area contributed by atoms with Crippen LogP contribution in [0, 0.1) is 0 Å². The van der Waals surface area contributed by atoms with Crippen molar-refractivity contribution in [2.24, 2.45) is 0 Å². The molecule has 0 amide bonds. The van der Waals surface area contributed by atoms with Gasteiger partial charge < -0.3 is 9.64 Å². The van der Waals surface area contributed by atoms with E-state index < -0.39 is 0 Å². The highest BCUT2D eigenvalue weighted by Gasteiger charge is 2.16. The van der Waals surface area contributed by atoms with Gasteiger partial charge >= 0.3 is 0 Å². The number of nitrogens with one attached hydrogen (secondary N) is 1. The Balaban J connectivity index is 1.34. The number of aromatic amines is 1. The highest BCUT2D eigenvalue weighted by Crippen LogP contribution is 2.30. The SMILES string of the molecule is CCCc1nc2ccc(N3CCOCC3)cc2c(=O)n1Cc1ccc(-c2ccccc2-c2nn[nH]n2)cc1. The number of nitrogens with zero attached hydrogens (tertiary/aromatic N) is 6. The molecular weight excluding hydrogens is 478 g/mol. The summed E-state index contributed by atoms with van der Waals surface area (Å²) in [6.45, 7) is 5.62. The maximum Gasteiger partial charge on any atom is 0.261 e. The van der Waals surface area contributed by atoms with Gasteiger partial charge in [0, 0.05) is 30.8 Å². The van der Waals surface area contributed by atoms with E-state index >= 15 is 0 Å². The van der Waals surface area contributed by atoms with Crippen LogP contribution in [0.2, 0.25) is 0 Å². The Morgan fingerprint density at radius 2 is 1.76 bits per heavy atom. The zero-order chi connectivity index (χ0) is 25.9. The predicted molar refractivity (Wildman–Crippen MR) is 147 cm³/mol. The number of hydrogen-bond donors (Lipinski definition) is 1. The zero-order valence-electron chi connectivity index (χ0n) is 21.3. The zero-order valence-corrected chi connectivity index (χ0v) is 21.3. The molecule has 1 saturated heterocycles. The van der Waals surface area contributed by atoms with Gasteiger partial charge in [-0.25, -0.2) is 4.98 Å². The molecule has 38 heavy (non-hydrogen) atoms. The van der Waals surface area contributed by atoms with Crippen LogP contribution in [0.1, 0.15) is 24.7 Å². The van der Waals surface area contributed by atoms with Crippen LogP contribution >= 0.6 is 0 Å². The van der Waals surface area contributed by atoms with Crippen molar-refractivity contribution in [3.63, 3.8) is 0 Å². The average Bonchev–Trinajstić information content (AvgIpc) is 3.51. The molecule has 0 atom stereocenters. The molecule has 1 aliphatic rings. The maximum atomic E-state index is 13.8. The van der Waals surface area contributed by atoms with Crippen molar-refractivity contribution >= 4 is 16.6 Å². The van der Waals surface area contributed by atoms with Gasteiger partial charge in [0.15, 0.2) is 0 Å². The second-order valence-corrected chi connectivity index (χ2v) is 9.45. The van der Waals surface area contributed by atoms with Gasteiger partial charge in [-0.2, -0.15) is 5.21 Å². The summed E-state index contributed by atoms with van der Waals surface area (Å²) in [5.74, 6) is 1.37. The van der Waals surface area contributed by atoms with Crippen molar-refractivity contribution in [1.29, 1.82) is 0 Å². The third-order valence-electron chi connectivity index (χ3n) is 6.99. The van der Waals surface area contributed by atoms with Crippen molar-refractivity contribution < 1.29 is 4.74 Å². The third kappa shape index (κ3) is 4.68. The van der Waals surface area contributed by atoms with Gasteiger partial charge in [-0.1, -0.05) is 55.5 Å². The highest BCUT2D eigenvalue weighted by atomic mass is 16.5. The quantitative estimate of drug-likeness (QED) is 0.354. The molecule has 5 aromatic rings. The van der Waals surface area contributed by atoms with Crippen LogP contribution in [0.15, 0.2) is 71.5 Å². The van der Waals surface area contributed by atoms with Gasteiger partial charge in [-0.3, -0.25) is 9.36 Å². The van der Waals surface area contributed by atoms with E-state index in [0.29, 0.717) is 31.0 Å². The van der Waals surface area contributed by atoms with Crippen molar-refractivity contribution in [3.05, 3.63) is 88.5 Å². The van der Waals surface area contributed by atoms with E-state index in [9.17, 15) is 4.79 Å². The number of anilines is 1. The van der Waals surface area contributed by atoms with Crippen LogP contribution in [0.25, 0.3) is 33.4 Å². The minimum atomic E-state index is 0.0000816. The van der Waals surface area contributed by atoms with Gasteiger partial charge in [0.25, 0.3) is 5.56 Å². The number of H-pyrrole nitrogens is 1. The fourth-order valence-electron chi connectivity index (χ4n) is 5.03. The molecule has 1 N–H and O–H groups in total. The van der Waals surface area contributed by atoms with Gasteiger partial charge in [0.2, 0.25) is 5.82 Å². The van der Waals surface area contributed by atoms with E-state index in [2.05, 4.69) is 62.8 Å². The molecule has 192 valence electrons. The maximum absolute atomic E-state index is 13.8. The van der Waals surface area contributed by atoms with Gasteiger partial charge in [-0.15, -0.1) is 10.2 Å². The van der Waals surface area contributed by atoms with E-state index in [1.807, 2.05) is 41.0 Å². The number of rotatable bonds is 7. The lowest BCUT2D eigenvalue weighted by molar-refractivity contribution is 0.122. The van der Waals surface area contributed by atoms with Crippen LogP contribution in [0.3, 0.4) is 0 Å². The number of hydrogen-bond acceptors (Lipinski definition) is 7. The minimum absolute atomic E-state index is 0.0000816. The van der Waals surface area contributed by atoms with Crippen LogP contribution in [0.4, 0.5) is 5.69 Å². The molecule has 9 heteroatoms. The Hall–Kier alpha value is -4.37. The molecule has 6 rings (SSSR count). The first-order chi connectivity index (χ1) is 18.7. The summed E-state index contributed by atoms with van der Waals surface area (Å²) in [4.78, 5) is 21.0. The molecule has 3 heterocycles. The first-order valence-corrected chi connectivity index (χ1v) is 13.0. The summed E-state index contributed by atoms with van der Waals surface area (Å²) in [5, 5.41) is 15.2. The topological polar surface area (TPSA) is 102 Å². The lowest BCUT2D eigenvalue weighted by atomic mass is 9.98. The van der Waals surface area contributed by atoms with E-state index in [4.69, 9.17) is 9.72 Å². The molecule has 1 fully saturated rings. The number of morpholine rings is 1. The number of benzene rings is 3. The molecule has 0 spiro atoms. The van der Waals surface area contributed by atoms with Crippen LogP contribution in [0.5, 0.6) is 0 Å². The first kappa shape index (κ1) is 24.0. The highest BCUT2D eigenvalue weighted by molar-refractivity contribution is 5.82. The number of aryl methyl sites for hydroxylation is 1. The number of tetrazole rings is 1. The number of fused-ring (bicyclic) bond motifs is 1. The normalized spacial score (nSPS) is 13.8. The van der Waals surface area contributed by atoms with E-state index in [1.165, 1.54) is 0 Å². The molecule has 1 aliphatic heterocycles. The smallest absolute Gasteiger partial charge is 0.261 e. The lowest BCUT2D eigenvalue weighted by Crippen LogP contribution is -2.36. The largest absolute Gasteiger partial charge is 0.378 e. The summed E-state index contributed by atoms with van der Waals surface area (Å²) >= 11 is 0. The second-order valence-electron chi connectivity index (χ2n) is 9.45. The Morgan fingerprint density at radius 3 is 2.50 bits per heavy atom. The number of ether oxygens (including phenoxy) is 1. The average molecular weight is 508 g/mol. The third-order valence-corrected chi connectivity index (χ3v) is 6.99. The molecule has 0 unspecified atom stereocenters. The summed E-state index contributed by atoms with van der Waals surface area (Å²) in [6.07, 6.45) is 1.65. The van der Waals surface area contributed by atoms with Crippen LogP contribution < -0.4 is 10.5 Å². The van der Waals surface area contributed by atoms with Gasteiger partial charge in [0.05, 0.1) is 30.7 Å². The Labute approximate surface area is 220 Å². The molecule has 0 bridgehead atoms. The Kier molecular flexibility index (Phi) is 6.66. The minimum Gasteiger partial charge on any atom is -0.378 e. The summed E-state index contributed by atoms with van der Waals surface area (Å²) in [5.41, 5.74) is 5.80. The van der Waals surface area contributed by atoms with Gasteiger partial charge in [0.1, 0.15) is 5.82 Å². The predicted octanol–water partition coefficient (Wildman–Crippen LogP) is 4.08. The van der Waals surface area contributed by atoms with E-state index in [-0.39, 0.29) is 5.56 Å². The number of aromatic nitrogens is 6. The second kappa shape index (κ2) is 10.5. The Morgan fingerprint density at radius 1 is 0.974 bits per heavy atom. The molecular formula is C29H29N7O2. The van der Waals surface area contributed by atoms with Crippen molar-refractivity contribution in [2.75, 3.05) is 31.2 Å². The van der Waals surface area contributed by atoms with E-state index in [1.54, 1.807) is 0 Å². The fraction of sp³-hybridized carbons (Fsp3) is 0.276. The first-order valence-electron chi connectivity index (χ1n) is 13.0. The lowest BCUT2D eigenvalue weighted by Gasteiger charge is -2.29. The molecule has 0 saturated carbocycles. The molecule has 2 aromatic heterocycles. The van der Waals surface area contributed by atoms with Crippen LogP contribution in [-0.4, -0.2) is 56.5 Å².